The van der Waals surface area contributed by atoms with E-state index in [4.69, 9.17) is 19.9 Å². The van der Waals surface area contributed by atoms with E-state index < -0.39 is 5.54 Å². The standard InChI is InChI=1S/C15H30N2O4/c1-15(14(16)18,17-13-5-6-13)7-3-8-20-9-4-10-21-12-11-19-2/h13,17H,3-12H2,1-2H3,(H2,16,18). The SMILES string of the molecule is COCCOCCCOCCCC(C)(NC1CC1)C(N)=O. The van der Waals surface area contributed by atoms with Gasteiger partial charge in [0.15, 0.2) is 0 Å². The van der Waals surface area contributed by atoms with E-state index in [-0.39, 0.29) is 5.91 Å². The molecule has 1 saturated carbocycles. The normalized spacial score (nSPS) is 17.6. The summed E-state index contributed by atoms with van der Waals surface area (Å²) in [6, 6.07) is 0.465. The first-order chi connectivity index (χ1) is 10.1. The van der Waals surface area contributed by atoms with Crippen LogP contribution in [0, 0.1) is 0 Å². The molecule has 6 nitrogen and oxygen atoms in total. The molecule has 1 aliphatic rings. The van der Waals surface area contributed by atoms with Crippen LogP contribution in [0.15, 0.2) is 0 Å². The lowest BCUT2D eigenvalue weighted by Crippen LogP contribution is -2.54. The number of hydrogen-bond acceptors (Lipinski definition) is 5. The number of amides is 1. The number of hydrogen-bond donors (Lipinski definition) is 2. The second-order valence-corrected chi connectivity index (χ2v) is 5.79. The second-order valence-electron chi connectivity index (χ2n) is 5.79. The summed E-state index contributed by atoms with van der Waals surface area (Å²) in [7, 11) is 1.66. The van der Waals surface area contributed by atoms with Gasteiger partial charge in [0, 0.05) is 33.0 Å². The summed E-state index contributed by atoms with van der Waals surface area (Å²) >= 11 is 0. The third kappa shape index (κ3) is 8.36. The first kappa shape index (κ1) is 18.4. The molecule has 0 radical (unpaired) electrons. The van der Waals surface area contributed by atoms with Crippen LogP contribution in [0.2, 0.25) is 0 Å². The molecule has 1 amide bonds. The van der Waals surface area contributed by atoms with Gasteiger partial charge in [-0.1, -0.05) is 0 Å². The minimum absolute atomic E-state index is 0.277. The topological polar surface area (TPSA) is 82.8 Å². The van der Waals surface area contributed by atoms with Crippen molar-refractivity contribution in [2.45, 2.75) is 50.6 Å². The van der Waals surface area contributed by atoms with Crippen LogP contribution in [0.1, 0.15) is 39.0 Å². The Kier molecular flexibility index (Phi) is 8.84. The van der Waals surface area contributed by atoms with Crippen LogP contribution in [0.25, 0.3) is 0 Å². The van der Waals surface area contributed by atoms with Crippen LogP contribution in [-0.4, -0.2) is 57.6 Å². The fourth-order valence-corrected chi connectivity index (χ4v) is 2.08. The highest BCUT2D eigenvalue weighted by atomic mass is 16.5. The van der Waals surface area contributed by atoms with Crippen LogP contribution in [0.5, 0.6) is 0 Å². The predicted molar refractivity (Wildman–Crippen MR) is 81.1 cm³/mol. The van der Waals surface area contributed by atoms with E-state index in [1.165, 1.54) is 0 Å². The fourth-order valence-electron chi connectivity index (χ4n) is 2.08. The molecule has 1 unspecified atom stereocenters. The van der Waals surface area contributed by atoms with Crippen molar-refractivity contribution in [3.63, 3.8) is 0 Å². The maximum atomic E-state index is 11.6. The van der Waals surface area contributed by atoms with Gasteiger partial charge in [0.25, 0.3) is 0 Å². The lowest BCUT2D eigenvalue weighted by atomic mass is 9.95. The summed E-state index contributed by atoms with van der Waals surface area (Å²) < 4.78 is 15.8. The maximum Gasteiger partial charge on any atom is 0.237 e. The first-order valence-corrected chi connectivity index (χ1v) is 7.80. The van der Waals surface area contributed by atoms with Crippen molar-refractivity contribution in [2.24, 2.45) is 5.73 Å². The van der Waals surface area contributed by atoms with E-state index >= 15 is 0 Å². The first-order valence-electron chi connectivity index (χ1n) is 7.80. The molecule has 3 N–H and O–H groups in total. The van der Waals surface area contributed by atoms with E-state index in [2.05, 4.69) is 5.32 Å². The zero-order valence-corrected chi connectivity index (χ0v) is 13.4. The maximum absolute atomic E-state index is 11.6. The summed E-state index contributed by atoms with van der Waals surface area (Å²) in [4.78, 5) is 11.6. The highest BCUT2D eigenvalue weighted by molar-refractivity contribution is 5.84. The number of primary amides is 1. The number of nitrogens with one attached hydrogen (secondary N) is 1. The van der Waals surface area contributed by atoms with Gasteiger partial charge in [0.1, 0.15) is 0 Å². The minimum Gasteiger partial charge on any atom is -0.382 e. The lowest BCUT2D eigenvalue weighted by Gasteiger charge is -2.27. The largest absolute Gasteiger partial charge is 0.382 e. The number of carbonyl (C=O) groups excluding carboxylic acids is 1. The molecule has 21 heavy (non-hydrogen) atoms. The minimum atomic E-state index is -0.603. The smallest absolute Gasteiger partial charge is 0.237 e. The third-order valence-corrected chi connectivity index (χ3v) is 3.62. The predicted octanol–water partition coefficient (Wildman–Crippen LogP) is 0.832. The summed E-state index contributed by atoms with van der Waals surface area (Å²) in [5.74, 6) is -0.277. The number of nitrogens with two attached hydrogens (primary N) is 1. The molecule has 0 spiro atoms. The average molecular weight is 302 g/mol. The van der Waals surface area contributed by atoms with Gasteiger partial charge in [-0.05, 0) is 39.0 Å². The van der Waals surface area contributed by atoms with Crippen molar-refractivity contribution in [1.82, 2.24) is 5.32 Å². The zero-order chi connectivity index (χ0) is 15.6. The van der Waals surface area contributed by atoms with E-state index in [0.29, 0.717) is 45.5 Å². The van der Waals surface area contributed by atoms with E-state index in [1.54, 1.807) is 7.11 Å². The highest BCUT2D eigenvalue weighted by Crippen LogP contribution is 2.24. The van der Waals surface area contributed by atoms with Gasteiger partial charge in [0.2, 0.25) is 5.91 Å². The quantitative estimate of drug-likeness (QED) is 0.464. The van der Waals surface area contributed by atoms with Crippen molar-refractivity contribution in [1.29, 1.82) is 0 Å². The Labute approximate surface area is 127 Å². The Hall–Kier alpha value is -0.690. The lowest BCUT2D eigenvalue weighted by molar-refractivity contribution is -0.124. The molecular weight excluding hydrogens is 272 g/mol. The van der Waals surface area contributed by atoms with E-state index in [1.807, 2.05) is 6.92 Å². The molecule has 1 aliphatic carbocycles. The Balaban J connectivity index is 1.97. The molecule has 6 heteroatoms. The molecule has 0 aliphatic heterocycles. The molecule has 0 aromatic heterocycles. The van der Waals surface area contributed by atoms with Crippen molar-refractivity contribution in [3.05, 3.63) is 0 Å². The van der Waals surface area contributed by atoms with Gasteiger partial charge in [-0.2, -0.15) is 0 Å². The summed E-state index contributed by atoms with van der Waals surface area (Å²) in [5, 5.41) is 3.34. The molecule has 1 atom stereocenters. The molecule has 1 rings (SSSR count). The van der Waals surface area contributed by atoms with Crippen LogP contribution in [-0.2, 0) is 19.0 Å². The summed E-state index contributed by atoms with van der Waals surface area (Å²) in [6.07, 6.45) is 4.69. The fraction of sp³-hybridized carbons (Fsp3) is 0.933. The van der Waals surface area contributed by atoms with Crippen LogP contribution in [0.3, 0.4) is 0 Å². The van der Waals surface area contributed by atoms with Crippen molar-refractivity contribution in [2.75, 3.05) is 40.1 Å². The van der Waals surface area contributed by atoms with E-state index in [0.717, 1.165) is 25.7 Å². The molecule has 0 aromatic rings. The summed E-state index contributed by atoms with van der Waals surface area (Å²) in [5.41, 5.74) is 4.90. The molecular formula is C15H30N2O4. The van der Waals surface area contributed by atoms with Crippen molar-refractivity contribution >= 4 is 5.91 Å². The van der Waals surface area contributed by atoms with Crippen LogP contribution >= 0.6 is 0 Å². The number of methoxy groups -OCH3 is 1. The van der Waals surface area contributed by atoms with Gasteiger partial charge in [-0.15, -0.1) is 0 Å². The number of carbonyl (C=O) groups is 1. The summed E-state index contributed by atoms with van der Waals surface area (Å²) in [6.45, 7) is 5.15. The Bertz CT molecular complexity index is 297. The average Bonchev–Trinajstić information content (AvgIpc) is 3.24. The molecule has 1 fully saturated rings. The van der Waals surface area contributed by atoms with Gasteiger partial charge in [0.05, 0.1) is 18.8 Å². The third-order valence-electron chi connectivity index (χ3n) is 3.62. The van der Waals surface area contributed by atoms with Crippen LogP contribution < -0.4 is 11.1 Å². The monoisotopic (exact) mass is 302 g/mol. The van der Waals surface area contributed by atoms with Gasteiger partial charge in [-0.25, -0.2) is 0 Å². The van der Waals surface area contributed by atoms with Crippen molar-refractivity contribution in [3.8, 4) is 0 Å². The molecule has 124 valence electrons. The van der Waals surface area contributed by atoms with Gasteiger partial charge < -0.3 is 25.3 Å². The Morgan fingerprint density at radius 2 is 1.76 bits per heavy atom. The van der Waals surface area contributed by atoms with Crippen molar-refractivity contribution < 1.29 is 19.0 Å². The number of ether oxygens (including phenoxy) is 3. The van der Waals surface area contributed by atoms with Crippen LogP contribution in [0.4, 0.5) is 0 Å². The highest BCUT2D eigenvalue weighted by Gasteiger charge is 2.36. The zero-order valence-electron chi connectivity index (χ0n) is 13.4. The molecule has 0 heterocycles. The molecule has 0 aromatic carbocycles. The Morgan fingerprint density at radius 1 is 1.14 bits per heavy atom. The van der Waals surface area contributed by atoms with E-state index in [9.17, 15) is 4.79 Å². The Morgan fingerprint density at radius 3 is 2.33 bits per heavy atom. The second kappa shape index (κ2) is 10.1. The van der Waals surface area contributed by atoms with Gasteiger partial charge in [-0.3, -0.25) is 4.79 Å². The molecule has 0 saturated heterocycles. The number of rotatable bonds is 14. The van der Waals surface area contributed by atoms with Gasteiger partial charge >= 0.3 is 0 Å². The molecule has 0 bridgehead atoms.